The Labute approximate surface area is 112 Å². The largest absolute Gasteiger partial charge is 0.416 e. The first-order valence-corrected chi connectivity index (χ1v) is 6.26. The van der Waals surface area contributed by atoms with Crippen LogP contribution in [0.1, 0.15) is 26.4 Å². The lowest BCUT2D eigenvalue weighted by Gasteiger charge is -2.05. The van der Waals surface area contributed by atoms with E-state index in [4.69, 9.17) is 0 Å². The Kier molecular flexibility index (Phi) is 3.85. The molecule has 1 heterocycles. The number of carbonyl (C=O) groups excluding carboxylic acids is 1. The molecule has 5 heteroatoms. The summed E-state index contributed by atoms with van der Waals surface area (Å²) in [6.07, 6.45) is -0.0858. The van der Waals surface area contributed by atoms with Crippen molar-refractivity contribution in [3.8, 4) is 0 Å². The summed E-state index contributed by atoms with van der Waals surface area (Å²) in [4.78, 5) is 11.1. The topological polar surface area (TPSA) is 17.1 Å². The van der Waals surface area contributed by atoms with Gasteiger partial charge in [0.25, 0.3) is 0 Å². The van der Waals surface area contributed by atoms with Gasteiger partial charge in [-0.15, -0.1) is 11.3 Å². The third-order valence-electron chi connectivity index (χ3n) is 2.46. The molecular weight excluding hydrogens is 273 g/mol. The van der Waals surface area contributed by atoms with Crippen LogP contribution in [0.15, 0.2) is 35.7 Å². The monoisotopic (exact) mass is 282 g/mol. The molecule has 2 rings (SSSR count). The van der Waals surface area contributed by atoms with Crippen LogP contribution in [0.2, 0.25) is 0 Å². The molecule has 0 N–H and O–H groups in total. The Bertz CT molecular complexity index is 594. The van der Waals surface area contributed by atoms with Gasteiger partial charge in [-0.3, -0.25) is 4.79 Å². The molecule has 0 unspecified atom stereocenters. The third-order valence-corrected chi connectivity index (χ3v) is 3.34. The number of halogens is 3. The Hall–Kier alpha value is -1.88. The number of carbonyl (C=O) groups is 1. The van der Waals surface area contributed by atoms with Gasteiger partial charge in [-0.25, -0.2) is 0 Å². The van der Waals surface area contributed by atoms with Crippen molar-refractivity contribution in [1.82, 2.24) is 0 Å². The van der Waals surface area contributed by atoms with Crippen molar-refractivity contribution in [2.75, 3.05) is 0 Å². The molecule has 0 radical (unpaired) electrons. The van der Waals surface area contributed by atoms with Crippen molar-refractivity contribution in [1.29, 1.82) is 0 Å². The molecule has 1 aromatic carbocycles. The number of benzene rings is 1. The number of hydrogen-bond donors (Lipinski definition) is 0. The van der Waals surface area contributed by atoms with Gasteiger partial charge in [0.05, 0.1) is 10.4 Å². The maximum Gasteiger partial charge on any atom is 0.416 e. The molecule has 0 atom stereocenters. The molecule has 0 saturated carbocycles. The molecule has 0 aliphatic heterocycles. The second-order valence-electron chi connectivity index (χ2n) is 3.85. The lowest BCUT2D eigenvalue weighted by atomic mass is 10.1. The Balaban J connectivity index is 2.13. The lowest BCUT2D eigenvalue weighted by molar-refractivity contribution is -0.137. The number of alkyl halides is 3. The molecule has 0 amide bonds. The Morgan fingerprint density at radius 2 is 1.63 bits per heavy atom. The predicted octanol–water partition coefficient (Wildman–Crippen LogP) is 4.75. The predicted molar refractivity (Wildman–Crippen MR) is 70.1 cm³/mol. The highest BCUT2D eigenvalue weighted by molar-refractivity contribution is 7.11. The van der Waals surface area contributed by atoms with Crippen LogP contribution in [0.5, 0.6) is 0 Å². The molecule has 0 aliphatic rings. The zero-order valence-corrected chi connectivity index (χ0v) is 10.5. The highest BCUT2D eigenvalue weighted by Crippen LogP contribution is 2.29. The van der Waals surface area contributed by atoms with E-state index in [1.54, 1.807) is 18.2 Å². The summed E-state index contributed by atoms with van der Waals surface area (Å²) < 4.78 is 37.1. The zero-order chi connectivity index (χ0) is 13.9. The van der Waals surface area contributed by atoms with Crippen molar-refractivity contribution in [3.63, 3.8) is 0 Å². The van der Waals surface area contributed by atoms with E-state index in [0.29, 0.717) is 10.4 Å². The van der Waals surface area contributed by atoms with E-state index in [1.165, 1.54) is 23.5 Å². The highest BCUT2D eigenvalue weighted by Gasteiger charge is 2.29. The minimum atomic E-state index is -4.31. The number of hydrogen-bond acceptors (Lipinski definition) is 2. The van der Waals surface area contributed by atoms with Gasteiger partial charge in [-0.05, 0) is 34.7 Å². The Morgan fingerprint density at radius 1 is 1.00 bits per heavy atom. The second kappa shape index (κ2) is 5.40. The smallest absolute Gasteiger partial charge is 0.297 e. The van der Waals surface area contributed by atoms with Crippen LogP contribution < -0.4 is 0 Å². The van der Waals surface area contributed by atoms with Gasteiger partial charge in [0.2, 0.25) is 0 Å². The quantitative estimate of drug-likeness (QED) is 0.742. The summed E-state index contributed by atoms with van der Waals surface area (Å²) in [5, 5.41) is 1.81. The standard InChI is InChI=1S/C14H9F3OS/c15-14(16,17)12-5-3-10(4-6-12)1-2-11-7-13(8-18)19-9-11/h1-9H/b2-1+. The molecule has 0 saturated heterocycles. The summed E-state index contributed by atoms with van der Waals surface area (Å²) >= 11 is 1.32. The van der Waals surface area contributed by atoms with Crippen molar-refractivity contribution < 1.29 is 18.0 Å². The summed E-state index contributed by atoms with van der Waals surface area (Å²) in [5.74, 6) is 0. The van der Waals surface area contributed by atoms with E-state index in [-0.39, 0.29) is 0 Å². The lowest BCUT2D eigenvalue weighted by Crippen LogP contribution is -2.03. The van der Waals surface area contributed by atoms with Gasteiger partial charge in [-0.1, -0.05) is 24.3 Å². The average molecular weight is 282 g/mol. The number of rotatable bonds is 3. The summed E-state index contributed by atoms with van der Waals surface area (Å²) in [7, 11) is 0. The van der Waals surface area contributed by atoms with Crippen LogP contribution in [-0.2, 0) is 6.18 Å². The van der Waals surface area contributed by atoms with Gasteiger partial charge < -0.3 is 0 Å². The van der Waals surface area contributed by atoms with Crippen LogP contribution >= 0.6 is 11.3 Å². The molecular formula is C14H9F3OS. The summed E-state index contributed by atoms with van der Waals surface area (Å²) in [6.45, 7) is 0. The molecule has 0 bridgehead atoms. The van der Waals surface area contributed by atoms with E-state index in [0.717, 1.165) is 24.0 Å². The Morgan fingerprint density at radius 3 is 2.16 bits per heavy atom. The van der Waals surface area contributed by atoms with E-state index < -0.39 is 11.7 Å². The van der Waals surface area contributed by atoms with Gasteiger partial charge >= 0.3 is 6.18 Å². The first-order valence-electron chi connectivity index (χ1n) is 5.38. The minimum absolute atomic E-state index is 0.618. The third kappa shape index (κ3) is 3.54. The highest BCUT2D eigenvalue weighted by atomic mass is 32.1. The maximum atomic E-state index is 12.4. The van der Waals surface area contributed by atoms with Crippen molar-refractivity contribution in [2.24, 2.45) is 0 Å². The van der Waals surface area contributed by atoms with E-state index in [2.05, 4.69) is 0 Å². The fraction of sp³-hybridized carbons (Fsp3) is 0.0714. The van der Waals surface area contributed by atoms with Gasteiger partial charge in [-0.2, -0.15) is 13.2 Å². The van der Waals surface area contributed by atoms with Crippen LogP contribution in [0.4, 0.5) is 13.2 Å². The second-order valence-corrected chi connectivity index (χ2v) is 4.80. The maximum absolute atomic E-state index is 12.4. The van der Waals surface area contributed by atoms with E-state index in [1.807, 2.05) is 5.38 Å². The first kappa shape index (κ1) is 13.5. The van der Waals surface area contributed by atoms with Gasteiger partial charge in [0, 0.05) is 0 Å². The number of aldehydes is 1. The fourth-order valence-electron chi connectivity index (χ4n) is 1.49. The first-order chi connectivity index (χ1) is 8.99. The number of thiophene rings is 1. The van der Waals surface area contributed by atoms with Crippen LogP contribution in [0.3, 0.4) is 0 Å². The average Bonchev–Trinajstić information content (AvgIpc) is 2.84. The van der Waals surface area contributed by atoms with Crippen LogP contribution in [-0.4, -0.2) is 6.29 Å². The zero-order valence-electron chi connectivity index (χ0n) is 9.65. The van der Waals surface area contributed by atoms with E-state index in [9.17, 15) is 18.0 Å². The van der Waals surface area contributed by atoms with Gasteiger partial charge in [0.1, 0.15) is 0 Å². The molecule has 98 valence electrons. The van der Waals surface area contributed by atoms with Crippen LogP contribution in [0, 0.1) is 0 Å². The van der Waals surface area contributed by atoms with Crippen LogP contribution in [0.25, 0.3) is 12.2 Å². The molecule has 2 aromatic rings. The molecule has 19 heavy (non-hydrogen) atoms. The summed E-state index contributed by atoms with van der Waals surface area (Å²) in [5.41, 5.74) is 0.863. The molecule has 0 fully saturated rings. The fourth-order valence-corrected chi connectivity index (χ4v) is 2.17. The minimum Gasteiger partial charge on any atom is -0.297 e. The normalized spacial score (nSPS) is 11.9. The van der Waals surface area contributed by atoms with Gasteiger partial charge in [0.15, 0.2) is 6.29 Å². The van der Waals surface area contributed by atoms with Crippen molar-refractivity contribution >= 4 is 29.8 Å². The van der Waals surface area contributed by atoms with Crippen molar-refractivity contribution in [2.45, 2.75) is 6.18 Å². The molecule has 1 nitrogen and oxygen atoms in total. The molecule has 1 aromatic heterocycles. The molecule has 0 spiro atoms. The SMILES string of the molecule is O=Cc1cc(/C=C/c2ccc(C(F)(F)F)cc2)cs1. The van der Waals surface area contributed by atoms with E-state index >= 15 is 0 Å². The van der Waals surface area contributed by atoms with Crippen molar-refractivity contribution in [3.05, 3.63) is 57.3 Å². The molecule has 0 aliphatic carbocycles. The summed E-state index contributed by atoms with van der Waals surface area (Å²) in [6, 6.07) is 6.63.